The Kier molecular flexibility index (Phi) is 23.2. The Bertz CT molecular complexity index is 406. The summed E-state index contributed by atoms with van der Waals surface area (Å²) < 4.78 is 4.94. The maximum absolute atomic E-state index is 11.2. The van der Waals surface area contributed by atoms with Crippen LogP contribution < -0.4 is 0 Å². The van der Waals surface area contributed by atoms with E-state index in [1.807, 2.05) is 6.92 Å². The summed E-state index contributed by atoms with van der Waals surface area (Å²) >= 11 is 0. The SMILES string of the molecule is CCCCCCCC(CCCCCCCC/C=C\CCCCCC(=O)OCC)N(C)C. The van der Waals surface area contributed by atoms with Gasteiger partial charge in [0, 0.05) is 12.5 Å². The van der Waals surface area contributed by atoms with E-state index in [0.29, 0.717) is 13.0 Å². The van der Waals surface area contributed by atoms with E-state index in [-0.39, 0.29) is 5.97 Å². The van der Waals surface area contributed by atoms with Gasteiger partial charge in [-0.05, 0) is 66.0 Å². The zero-order valence-corrected chi connectivity index (χ0v) is 21.6. The third-order valence-corrected chi connectivity index (χ3v) is 6.25. The van der Waals surface area contributed by atoms with Crippen LogP contribution in [0.1, 0.15) is 136 Å². The minimum atomic E-state index is -0.0478. The van der Waals surface area contributed by atoms with Gasteiger partial charge in [0.2, 0.25) is 0 Å². The molecule has 0 heterocycles. The third-order valence-electron chi connectivity index (χ3n) is 6.25. The van der Waals surface area contributed by atoms with Crippen LogP contribution in [0.3, 0.4) is 0 Å². The number of esters is 1. The van der Waals surface area contributed by atoms with E-state index in [9.17, 15) is 4.79 Å². The summed E-state index contributed by atoms with van der Waals surface area (Å²) in [5, 5.41) is 0. The van der Waals surface area contributed by atoms with Crippen LogP contribution in [0.25, 0.3) is 0 Å². The Morgan fingerprint density at radius 3 is 1.71 bits per heavy atom. The highest BCUT2D eigenvalue weighted by Crippen LogP contribution is 2.17. The normalized spacial score (nSPS) is 12.7. The highest BCUT2D eigenvalue weighted by atomic mass is 16.5. The molecular formula is C28H55NO2. The van der Waals surface area contributed by atoms with Crippen molar-refractivity contribution in [1.82, 2.24) is 4.90 Å². The van der Waals surface area contributed by atoms with Crippen molar-refractivity contribution in [1.29, 1.82) is 0 Å². The summed E-state index contributed by atoms with van der Waals surface area (Å²) in [6, 6.07) is 0.789. The molecule has 0 saturated carbocycles. The third kappa shape index (κ3) is 22.2. The molecule has 0 aliphatic carbocycles. The van der Waals surface area contributed by atoms with Crippen molar-refractivity contribution >= 4 is 5.97 Å². The van der Waals surface area contributed by atoms with E-state index in [1.54, 1.807) is 0 Å². The van der Waals surface area contributed by atoms with Gasteiger partial charge in [-0.15, -0.1) is 0 Å². The van der Waals surface area contributed by atoms with Crippen molar-refractivity contribution < 1.29 is 9.53 Å². The average Bonchev–Trinajstić information content (AvgIpc) is 2.74. The molecule has 0 aromatic heterocycles. The van der Waals surface area contributed by atoms with Crippen LogP contribution in [-0.2, 0) is 9.53 Å². The highest BCUT2D eigenvalue weighted by Gasteiger charge is 2.10. The number of hydrogen-bond acceptors (Lipinski definition) is 3. The van der Waals surface area contributed by atoms with Gasteiger partial charge in [0.15, 0.2) is 0 Å². The molecule has 31 heavy (non-hydrogen) atoms. The summed E-state index contributed by atoms with van der Waals surface area (Å²) in [5.74, 6) is -0.0478. The Hall–Kier alpha value is -0.830. The lowest BCUT2D eigenvalue weighted by Crippen LogP contribution is -2.27. The number of allylic oxidation sites excluding steroid dienone is 2. The van der Waals surface area contributed by atoms with Crippen molar-refractivity contribution in [3.05, 3.63) is 12.2 Å². The summed E-state index contributed by atoms with van der Waals surface area (Å²) in [5.41, 5.74) is 0. The number of unbranched alkanes of at least 4 members (excludes halogenated alkanes) is 13. The summed E-state index contributed by atoms with van der Waals surface area (Å²) in [4.78, 5) is 13.7. The topological polar surface area (TPSA) is 29.5 Å². The van der Waals surface area contributed by atoms with Gasteiger partial charge >= 0.3 is 5.97 Å². The highest BCUT2D eigenvalue weighted by molar-refractivity contribution is 5.69. The smallest absolute Gasteiger partial charge is 0.305 e. The molecule has 0 rings (SSSR count). The Balaban J connectivity index is 3.43. The fourth-order valence-electron chi connectivity index (χ4n) is 4.17. The second kappa shape index (κ2) is 23.8. The minimum absolute atomic E-state index is 0.0478. The van der Waals surface area contributed by atoms with Crippen LogP contribution in [0.2, 0.25) is 0 Å². The van der Waals surface area contributed by atoms with E-state index < -0.39 is 0 Å². The Morgan fingerprint density at radius 2 is 1.19 bits per heavy atom. The van der Waals surface area contributed by atoms with E-state index >= 15 is 0 Å². The van der Waals surface area contributed by atoms with Gasteiger partial charge in [-0.1, -0.05) is 89.7 Å². The molecule has 1 atom stereocenters. The van der Waals surface area contributed by atoms with E-state index in [4.69, 9.17) is 4.74 Å². The van der Waals surface area contributed by atoms with Crippen LogP contribution in [0, 0.1) is 0 Å². The van der Waals surface area contributed by atoms with Gasteiger partial charge in [-0.25, -0.2) is 0 Å². The van der Waals surface area contributed by atoms with Gasteiger partial charge in [0.1, 0.15) is 0 Å². The summed E-state index contributed by atoms with van der Waals surface area (Å²) in [7, 11) is 4.52. The first-order valence-corrected chi connectivity index (χ1v) is 13.6. The molecule has 1 unspecified atom stereocenters. The molecule has 3 heteroatoms. The molecule has 0 aliphatic heterocycles. The molecular weight excluding hydrogens is 382 g/mol. The zero-order valence-electron chi connectivity index (χ0n) is 21.6. The van der Waals surface area contributed by atoms with Gasteiger partial charge in [0.25, 0.3) is 0 Å². The monoisotopic (exact) mass is 437 g/mol. The summed E-state index contributed by atoms with van der Waals surface area (Å²) in [6.45, 7) is 4.65. The van der Waals surface area contributed by atoms with Crippen LogP contribution in [0.5, 0.6) is 0 Å². The molecule has 184 valence electrons. The van der Waals surface area contributed by atoms with Crippen LogP contribution >= 0.6 is 0 Å². The maximum atomic E-state index is 11.2. The fourth-order valence-corrected chi connectivity index (χ4v) is 4.17. The molecule has 0 amide bonds. The average molecular weight is 438 g/mol. The quantitative estimate of drug-likeness (QED) is 0.0911. The molecule has 0 N–H and O–H groups in total. The summed E-state index contributed by atoms with van der Waals surface area (Å²) in [6.07, 6.45) is 28.9. The minimum Gasteiger partial charge on any atom is -0.466 e. The molecule has 0 spiro atoms. The predicted octanol–water partition coefficient (Wildman–Crippen LogP) is 8.47. The molecule has 0 aliphatic rings. The van der Waals surface area contributed by atoms with Crippen molar-refractivity contribution in [2.45, 2.75) is 142 Å². The Morgan fingerprint density at radius 1 is 0.710 bits per heavy atom. The van der Waals surface area contributed by atoms with Gasteiger partial charge < -0.3 is 9.64 Å². The molecule has 0 aromatic carbocycles. The van der Waals surface area contributed by atoms with Gasteiger partial charge in [0.05, 0.1) is 6.61 Å². The van der Waals surface area contributed by atoms with Gasteiger partial charge in [-0.2, -0.15) is 0 Å². The molecule has 0 fully saturated rings. The number of carbonyl (C=O) groups excluding carboxylic acids is 1. The second-order valence-electron chi connectivity index (χ2n) is 9.39. The zero-order chi connectivity index (χ0) is 23.0. The molecule has 3 nitrogen and oxygen atoms in total. The maximum Gasteiger partial charge on any atom is 0.305 e. The largest absolute Gasteiger partial charge is 0.466 e. The first-order chi connectivity index (χ1) is 15.1. The van der Waals surface area contributed by atoms with Crippen molar-refractivity contribution in [3.63, 3.8) is 0 Å². The first kappa shape index (κ1) is 30.2. The first-order valence-electron chi connectivity index (χ1n) is 13.6. The van der Waals surface area contributed by atoms with E-state index in [1.165, 1.54) is 96.3 Å². The number of hydrogen-bond donors (Lipinski definition) is 0. The number of rotatable bonds is 23. The van der Waals surface area contributed by atoms with Crippen LogP contribution in [-0.4, -0.2) is 37.6 Å². The molecule has 0 saturated heterocycles. The lowest BCUT2D eigenvalue weighted by molar-refractivity contribution is -0.143. The number of nitrogens with zero attached hydrogens (tertiary/aromatic N) is 1. The molecule has 0 radical (unpaired) electrons. The van der Waals surface area contributed by atoms with Crippen molar-refractivity contribution in [3.8, 4) is 0 Å². The molecule has 0 bridgehead atoms. The number of carbonyl (C=O) groups is 1. The predicted molar refractivity (Wildman–Crippen MR) is 137 cm³/mol. The van der Waals surface area contributed by atoms with Crippen molar-refractivity contribution in [2.75, 3.05) is 20.7 Å². The standard InChI is InChI=1S/C28H55NO2/c1-5-7-8-18-21-24-27(29(3)4)25-22-19-16-14-12-10-9-11-13-15-17-20-23-26-28(30)31-6-2/h11,13,27H,5-10,12,14-26H2,1-4H3/b13-11-. The lowest BCUT2D eigenvalue weighted by atomic mass is 9.99. The van der Waals surface area contributed by atoms with Gasteiger partial charge in [-0.3, -0.25) is 4.79 Å². The lowest BCUT2D eigenvalue weighted by Gasteiger charge is -2.24. The van der Waals surface area contributed by atoms with Crippen LogP contribution in [0.15, 0.2) is 12.2 Å². The second-order valence-corrected chi connectivity index (χ2v) is 9.39. The van der Waals surface area contributed by atoms with Crippen molar-refractivity contribution in [2.24, 2.45) is 0 Å². The molecule has 0 aromatic rings. The Labute approximate surface area is 195 Å². The van der Waals surface area contributed by atoms with E-state index in [0.717, 1.165) is 25.3 Å². The number of ether oxygens (including phenoxy) is 1. The fraction of sp³-hybridized carbons (Fsp3) is 0.893. The van der Waals surface area contributed by atoms with Crippen LogP contribution in [0.4, 0.5) is 0 Å². The van der Waals surface area contributed by atoms with E-state index in [2.05, 4.69) is 38.1 Å².